The molecule has 0 atom stereocenters. The quantitative estimate of drug-likeness (QED) is 0.867. The molecule has 1 saturated carbocycles. The Kier molecular flexibility index (Phi) is 7.48. The fourth-order valence-corrected chi connectivity index (χ4v) is 2.72. The lowest BCUT2D eigenvalue weighted by Crippen LogP contribution is -2.41. The Labute approximate surface area is 138 Å². The highest BCUT2D eigenvalue weighted by Gasteiger charge is 2.20. The highest BCUT2D eigenvalue weighted by molar-refractivity contribution is 5.85. The van der Waals surface area contributed by atoms with E-state index in [2.05, 4.69) is 5.32 Å². The minimum absolute atomic E-state index is 0. The van der Waals surface area contributed by atoms with E-state index in [1.165, 1.54) is 0 Å². The molecule has 0 unspecified atom stereocenters. The van der Waals surface area contributed by atoms with Crippen LogP contribution < -0.4 is 20.5 Å². The van der Waals surface area contributed by atoms with Gasteiger partial charge in [-0.15, -0.1) is 12.4 Å². The molecule has 3 N–H and O–H groups in total. The van der Waals surface area contributed by atoms with Crippen LogP contribution in [-0.4, -0.2) is 32.2 Å². The van der Waals surface area contributed by atoms with Gasteiger partial charge in [-0.2, -0.15) is 0 Å². The Morgan fingerprint density at radius 3 is 2.41 bits per heavy atom. The average molecular weight is 329 g/mol. The number of carbonyl (C=O) groups is 1. The number of rotatable bonds is 5. The van der Waals surface area contributed by atoms with Crippen molar-refractivity contribution in [3.05, 3.63) is 23.8 Å². The van der Waals surface area contributed by atoms with Gasteiger partial charge in [0.2, 0.25) is 5.91 Å². The third kappa shape index (κ3) is 5.07. The second kappa shape index (κ2) is 8.86. The third-order valence-electron chi connectivity index (χ3n) is 3.95. The zero-order chi connectivity index (χ0) is 15.2. The van der Waals surface area contributed by atoms with Gasteiger partial charge >= 0.3 is 0 Å². The van der Waals surface area contributed by atoms with E-state index in [1.54, 1.807) is 14.2 Å². The maximum atomic E-state index is 12.1. The highest BCUT2D eigenvalue weighted by Crippen LogP contribution is 2.27. The minimum atomic E-state index is 0. The summed E-state index contributed by atoms with van der Waals surface area (Å²) in [5, 5.41) is 3.09. The van der Waals surface area contributed by atoms with Crippen LogP contribution >= 0.6 is 12.4 Å². The van der Waals surface area contributed by atoms with E-state index in [9.17, 15) is 4.79 Å². The van der Waals surface area contributed by atoms with Gasteiger partial charge < -0.3 is 20.5 Å². The van der Waals surface area contributed by atoms with Crippen LogP contribution in [0, 0.1) is 0 Å². The molecule has 0 saturated heterocycles. The number of nitrogens with two attached hydrogens (primary N) is 1. The van der Waals surface area contributed by atoms with Gasteiger partial charge in [-0.05, 0) is 43.4 Å². The molecular formula is C16H25ClN2O3. The van der Waals surface area contributed by atoms with Crippen LogP contribution in [-0.2, 0) is 11.2 Å². The van der Waals surface area contributed by atoms with Gasteiger partial charge in [0.15, 0.2) is 11.5 Å². The molecule has 0 bridgehead atoms. The van der Waals surface area contributed by atoms with Crippen LogP contribution in [0.1, 0.15) is 31.2 Å². The maximum Gasteiger partial charge on any atom is 0.224 e. The molecule has 0 radical (unpaired) electrons. The highest BCUT2D eigenvalue weighted by atomic mass is 35.5. The SMILES string of the molecule is COc1ccc(CC(=O)NC2CCC(N)CC2)cc1OC.Cl. The van der Waals surface area contributed by atoms with Gasteiger partial charge in [-0.3, -0.25) is 4.79 Å². The molecule has 124 valence electrons. The van der Waals surface area contributed by atoms with E-state index in [1.807, 2.05) is 18.2 Å². The van der Waals surface area contributed by atoms with Crippen LogP contribution in [0.25, 0.3) is 0 Å². The molecule has 0 heterocycles. The Bertz CT molecular complexity index is 488. The third-order valence-corrected chi connectivity index (χ3v) is 3.95. The molecule has 5 nitrogen and oxygen atoms in total. The molecule has 0 aromatic heterocycles. The molecule has 22 heavy (non-hydrogen) atoms. The van der Waals surface area contributed by atoms with Crippen molar-refractivity contribution >= 4 is 18.3 Å². The smallest absolute Gasteiger partial charge is 0.224 e. The van der Waals surface area contributed by atoms with E-state index in [-0.39, 0.29) is 24.4 Å². The van der Waals surface area contributed by atoms with E-state index in [0.717, 1.165) is 31.2 Å². The Morgan fingerprint density at radius 1 is 1.18 bits per heavy atom. The zero-order valence-corrected chi connectivity index (χ0v) is 13.9. The number of ether oxygens (including phenoxy) is 2. The van der Waals surface area contributed by atoms with Crippen LogP contribution in [0.15, 0.2) is 18.2 Å². The lowest BCUT2D eigenvalue weighted by Gasteiger charge is -2.26. The largest absolute Gasteiger partial charge is 0.493 e. The number of methoxy groups -OCH3 is 2. The lowest BCUT2D eigenvalue weighted by molar-refractivity contribution is -0.121. The zero-order valence-electron chi connectivity index (χ0n) is 13.1. The van der Waals surface area contributed by atoms with Gasteiger partial charge in [0.1, 0.15) is 0 Å². The molecular weight excluding hydrogens is 304 g/mol. The number of halogens is 1. The first-order valence-electron chi connectivity index (χ1n) is 7.38. The fraction of sp³-hybridized carbons (Fsp3) is 0.562. The first-order valence-corrected chi connectivity index (χ1v) is 7.38. The molecule has 0 aliphatic heterocycles. The number of carbonyl (C=O) groups excluding carboxylic acids is 1. The summed E-state index contributed by atoms with van der Waals surface area (Å²) in [6.45, 7) is 0. The van der Waals surface area contributed by atoms with Crippen molar-refractivity contribution in [2.24, 2.45) is 5.73 Å². The summed E-state index contributed by atoms with van der Waals surface area (Å²) in [4.78, 5) is 12.1. The second-order valence-corrected chi connectivity index (χ2v) is 5.55. The summed E-state index contributed by atoms with van der Waals surface area (Å²) in [7, 11) is 3.19. The Hall–Kier alpha value is -1.46. The number of hydrogen-bond acceptors (Lipinski definition) is 4. The number of amides is 1. The van der Waals surface area contributed by atoms with E-state index in [0.29, 0.717) is 24.0 Å². The number of benzene rings is 1. The van der Waals surface area contributed by atoms with Crippen molar-refractivity contribution in [2.75, 3.05) is 14.2 Å². The van der Waals surface area contributed by atoms with Gasteiger partial charge in [0, 0.05) is 12.1 Å². The molecule has 1 aliphatic carbocycles. The van der Waals surface area contributed by atoms with E-state index < -0.39 is 0 Å². The van der Waals surface area contributed by atoms with Crippen molar-refractivity contribution < 1.29 is 14.3 Å². The summed E-state index contributed by atoms with van der Waals surface area (Å²) < 4.78 is 10.4. The maximum absolute atomic E-state index is 12.1. The van der Waals surface area contributed by atoms with Crippen LogP contribution in [0.4, 0.5) is 0 Å². The lowest BCUT2D eigenvalue weighted by atomic mass is 9.91. The molecule has 1 amide bonds. The van der Waals surface area contributed by atoms with Crippen molar-refractivity contribution in [3.63, 3.8) is 0 Å². The predicted molar refractivity (Wildman–Crippen MR) is 88.9 cm³/mol. The summed E-state index contributed by atoms with van der Waals surface area (Å²) >= 11 is 0. The number of nitrogens with one attached hydrogen (secondary N) is 1. The van der Waals surface area contributed by atoms with Crippen molar-refractivity contribution in [2.45, 2.75) is 44.2 Å². The van der Waals surface area contributed by atoms with Gasteiger partial charge in [-0.25, -0.2) is 0 Å². The minimum Gasteiger partial charge on any atom is -0.493 e. The molecule has 0 spiro atoms. The second-order valence-electron chi connectivity index (χ2n) is 5.55. The normalized spacial score (nSPS) is 20.7. The fourth-order valence-electron chi connectivity index (χ4n) is 2.72. The van der Waals surface area contributed by atoms with Crippen molar-refractivity contribution in [1.29, 1.82) is 0 Å². The summed E-state index contributed by atoms with van der Waals surface area (Å²) in [5.41, 5.74) is 6.79. The van der Waals surface area contributed by atoms with E-state index >= 15 is 0 Å². The molecule has 1 aromatic carbocycles. The molecule has 1 fully saturated rings. The Morgan fingerprint density at radius 2 is 1.82 bits per heavy atom. The summed E-state index contributed by atoms with van der Waals surface area (Å²) in [5.74, 6) is 1.36. The molecule has 6 heteroatoms. The predicted octanol–water partition coefficient (Wildman–Crippen LogP) is 2.05. The summed E-state index contributed by atoms with van der Waals surface area (Å²) in [6.07, 6.45) is 4.27. The summed E-state index contributed by atoms with van der Waals surface area (Å²) in [6, 6.07) is 6.11. The first kappa shape index (κ1) is 18.6. The van der Waals surface area contributed by atoms with Crippen LogP contribution in [0.2, 0.25) is 0 Å². The Balaban J connectivity index is 0.00000242. The molecule has 1 aliphatic rings. The van der Waals surface area contributed by atoms with Crippen molar-refractivity contribution in [1.82, 2.24) is 5.32 Å². The van der Waals surface area contributed by atoms with Crippen molar-refractivity contribution in [3.8, 4) is 11.5 Å². The molecule has 1 aromatic rings. The number of hydrogen-bond donors (Lipinski definition) is 2. The topological polar surface area (TPSA) is 73.6 Å². The average Bonchev–Trinajstić information content (AvgIpc) is 2.49. The van der Waals surface area contributed by atoms with Gasteiger partial charge in [-0.1, -0.05) is 6.07 Å². The monoisotopic (exact) mass is 328 g/mol. The van der Waals surface area contributed by atoms with Crippen LogP contribution in [0.5, 0.6) is 11.5 Å². The standard InChI is InChI=1S/C16H24N2O3.ClH/c1-20-14-8-3-11(9-15(14)21-2)10-16(19)18-13-6-4-12(17)5-7-13;/h3,8-9,12-13H,4-7,10,17H2,1-2H3,(H,18,19);1H. The molecule has 2 rings (SSSR count). The van der Waals surface area contributed by atoms with Crippen LogP contribution in [0.3, 0.4) is 0 Å². The van der Waals surface area contributed by atoms with Gasteiger partial charge in [0.25, 0.3) is 0 Å². The van der Waals surface area contributed by atoms with E-state index in [4.69, 9.17) is 15.2 Å². The van der Waals surface area contributed by atoms with Gasteiger partial charge in [0.05, 0.1) is 20.6 Å². The first-order chi connectivity index (χ1) is 10.1.